The normalized spacial score (nSPS) is 19.0. The van der Waals surface area contributed by atoms with Crippen LogP contribution in [-0.2, 0) is 20.9 Å². The Morgan fingerprint density at radius 1 is 0.955 bits per heavy atom. The van der Waals surface area contributed by atoms with Crippen molar-refractivity contribution in [1.29, 1.82) is 0 Å². The molecule has 224 valence electrons. The second kappa shape index (κ2) is 11.4. The zero-order valence-corrected chi connectivity index (χ0v) is 25.6. The van der Waals surface area contributed by atoms with Crippen molar-refractivity contribution >= 4 is 63.6 Å². The SMILES string of the molecule is Cc1ccc(NC(=O)Cn2c3c(sc2=O)[C@H](c2ccc(N(C)C)cc2)C2C(=O)N(c4ccc([N+](=O)[O-])cc4)C(=O)C2S3)cc1. The predicted octanol–water partition coefficient (Wildman–Crippen LogP) is 4.63. The first-order valence-electron chi connectivity index (χ1n) is 13.7. The third kappa shape index (κ3) is 5.18. The van der Waals surface area contributed by atoms with Crippen LogP contribution in [0.2, 0.25) is 0 Å². The first kappa shape index (κ1) is 29.3. The second-order valence-corrected chi connectivity index (χ2v) is 13.0. The number of benzene rings is 3. The average molecular weight is 630 g/mol. The molecule has 4 aromatic rings. The highest BCUT2D eigenvalue weighted by Crippen LogP contribution is 2.54. The Labute approximate surface area is 260 Å². The van der Waals surface area contributed by atoms with Crippen LogP contribution < -0.4 is 20.0 Å². The van der Waals surface area contributed by atoms with Gasteiger partial charge in [-0.15, -0.1) is 0 Å². The molecule has 3 amide bonds. The molecule has 2 aliphatic rings. The smallest absolute Gasteiger partial charge is 0.308 e. The number of carbonyl (C=O) groups is 3. The van der Waals surface area contributed by atoms with Gasteiger partial charge in [-0.25, -0.2) is 4.90 Å². The number of aromatic nitrogens is 1. The maximum atomic E-state index is 14.0. The van der Waals surface area contributed by atoms with Crippen molar-refractivity contribution in [2.75, 3.05) is 29.2 Å². The van der Waals surface area contributed by atoms with E-state index >= 15 is 0 Å². The molecule has 1 aromatic heterocycles. The number of rotatable bonds is 7. The molecule has 13 heteroatoms. The zero-order valence-electron chi connectivity index (χ0n) is 23.9. The Kier molecular flexibility index (Phi) is 7.59. The van der Waals surface area contributed by atoms with Gasteiger partial charge in [0.15, 0.2) is 0 Å². The summed E-state index contributed by atoms with van der Waals surface area (Å²) in [6.07, 6.45) is 0. The van der Waals surface area contributed by atoms with Crippen LogP contribution in [0.4, 0.5) is 22.7 Å². The number of nitrogens with one attached hydrogen (secondary N) is 1. The van der Waals surface area contributed by atoms with Crippen molar-refractivity contribution in [1.82, 2.24) is 4.57 Å². The number of non-ortho nitro benzene ring substituents is 1. The van der Waals surface area contributed by atoms with Crippen molar-refractivity contribution in [3.63, 3.8) is 0 Å². The van der Waals surface area contributed by atoms with E-state index in [1.165, 1.54) is 28.8 Å². The highest BCUT2D eigenvalue weighted by atomic mass is 32.2. The van der Waals surface area contributed by atoms with Gasteiger partial charge in [-0.2, -0.15) is 0 Å². The van der Waals surface area contributed by atoms with E-state index in [1.54, 1.807) is 12.1 Å². The molecule has 2 unspecified atom stereocenters. The van der Waals surface area contributed by atoms with Crippen molar-refractivity contribution in [3.05, 3.63) is 109 Å². The van der Waals surface area contributed by atoms with Crippen LogP contribution in [0.25, 0.3) is 0 Å². The molecular weight excluding hydrogens is 603 g/mol. The van der Waals surface area contributed by atoms with E-state index < -0.39 is 39.7 Å². The lowest BCUT2D eigenvalue weighted by Gasteiger charge is -2.31. The zero-order chi connectivity index (χ0) is 31.3. The fourth-order valence-corrected chi connectivity index (χ4v) is 8.33. The standard InChI is InChI=1S/C31H27N5O6S2/c1-17-4-8-19(9-5-17)32-23(37)16-34-30-27(44-31(34)40)24(18-6-10-20(11-7-18)33(2)3)25-26(43-30)29(39)35(28(25)38)21-12-14-22(15-13-21)36(41)42/h4-15,24-26H,16H2,1-3H3,(H,32,37)/t24-,25?,26?/m1/s1. The Balaban J connectivity index is 1.40. The Hall–Kier alpha value is -4.75. The van der Waals surface area contributed by atoms with E-state index in [4.69, 9.17) is 0 Å². The highest BCUT2D eigenvalue weighted by molar-refractivity contribution is 8.00. The molecule has 6 rings (SSSR count). The molecular formula is C31H27N5O6S2. The molecule has 0 saturated carbocycles. The third-order valence-corrected chi connectivity index (χ3v) is 10.4. The molecule has 1 fully saturated rings. The number of imide groups is 1. The number of nitro benzene ring substituents is 1. The third-order valence-electron chi connectivity index (χ3n) is 7.77. The van der Waals surface area contributed by atoms with E-state index in [1.807, 2.05) is 62.3 Å². The minimum Gasteiger partial charge on any atom is -0.378 e. The molecule has 0 radical (unpaired) electrons. The minimum atomic E-state index is -0.871. The fourth-order valence-electron chi connectivity index (χ4n) is 5.55. The lowest BCUT2D eigenvalue weighted by atomic mass is 9.83. The largest absolute Gasteiger partial charge is 0.378 e. The summed E-state index contributed by atoms with van der Waals surface area (Å²) in [7, 11) is 3.82. The Morgan fingerprint density at radius 3 is 2.23 bits per heavy atom. The number of hydrogen-bond acceptors (Lipinski definition) is 9. The van der Waals surface area contributed by atoms with Gasteiger partial charge < -0.3 is 10.2 Å². The van der Waals surface area contributed by atoms with Gasteiger partial charge in [0, 0.05) is 48.4 Å². The molecule has 0 aliphatic carbocycles. The predicted molar refractivity (Wildman–Crippen MR) is 170 cm³/mol. The molecule has 0 spiro atoms. The van der Waals surface area contributed by atoms with Crippen molar-refractivity contribution in [2.45, 2.75) is 29.7 Å². The van der Waals surface area contributed by atoms with Crippen LogP contribution in [0.5, 0.6) is 0 Å². The van der Waals surface area contributed by atoms with Crippen LogP contribution in [0.3, 0.4) is 0 Å². The molecule has 3 atom stereocenters. The van der Waals surface area contributed by atoms with E-state index in [-0.39, 0.29) is 22.8 Å². The lowest BCUT2D eigenvalue weighted by molar-refractivity contribution is -0.384. The number of carbonyl (C=O) groups excluding carboxylic acids is 3. The first-order chi connectivity index (χ1) is 21.0. The quantitative estimate of drug-likeness (QED) is 0.178. The second-order valence-electron chi connectivity index (χ2n) is 10.9. The minimum absolute atomic E-state index is 0.159. The molecule has 3 heterocycles. The molecule has 1 N–H and O–H groups in total. The van der Waals surface area contributed by atoms with Gasteiger partial charge in [0.25, 0.3) is 5.69 Å². The summed E-state index contributed by atoms with van der Waals surface area (Å²) in [6, 6.07) is 20.2. The molecule has 0 bridgehead atoms. The van der Waals surface area contributed by atoms with Crippen LogP contribution in [0, 0.1) is 23.0 Å². The number of amides is 3. The molecule has 2 aliphatic heterocycles. The summed E-state index contributed by atoms with van der Waals surface area (Å²) >= 11 is 2.09. The number of anilines is 3. The summed E-state index contributed by atoms with van der Waals surface area (Å²) in [5.41, 5.74) is 3.42. The van der Waals surface area contributed by atoms with E-state index in [0.29, 0.717) is 15.6 Å². The first-order valence-corrected chi connectivity index (χ1v) is 15.4. The van der Waals surface area contributed by atoms with Crippen LogP contribution in [0.15, 0.2) is 82.6 Å². The van der Waals surface area contributed by atoms with Crippen LogP contribution in [0.1, 0.15) is 21.9 Å². The van der Waals surface area contributed by atoms with Crippen molar-refractivity contribution in [2.24, 2.45) is 5.92 Å². The van der Waals surface area contributed by atoms with Gasteiger partial charge >= 0.3 is 4.87 Å². The van der Waals surface area contributed by atoms with E-state index in [9.17, 15) is 29.3 Å². The number of thioether (sulfide) groups is 1. The van der Waals surface area contributed by atoms with Crippen molar-refractivity contribution < 1.29 is 19.3 Å². The number of thiazole rings is 1. The van der Waals surface area contributed by atoms with Gasteiger partial charge in [-0.1, -0.05) is 52.9 Å². The maximum absolute atomic E-state index is 14.0. The molecule has 3 aromatic carbocycles. The van der Waals surface area contributed by atoms with Gasteiger partial charge in [-0.05, 0) is 48.9 Å². The van der Waals surface area contributed by atoms with E-state index in [0.717, 1.165) is 44.8 Å². The summed E-state index contributed by atoms with van der Waals surface area (Å²) in [4.78, 5) is 68.3. The summed E-state index contributed by atoms with van der Waals surface area (Å²) in [5, 5.41) is 13.6. The number of nitrogens with zero attached hydrogens (tertiary/aromatic N) is 4. The number of hydrogen-bond donors (Lipinski definition) is 1. The Morgan fingerprint density at radius 2 is 1.61 bits per heavy atom. The van der Waals surface area contributed by atoms with Gasteiger partial charge in [0.2, 0.25) is 17.7 Å². The summed E-state index contributed by atoms with van der Waals surface area (Å²) in [5.74, 6) is -2.77. The van der Waals surface area contributed by atoms with Gasteiger partial charge in [0.05, 0.1) is 21.6 Å². The lowest BCUT2D eigenvalue weighted by Crippen LogP contribution is -2.33. The monoisotopic (exact) mass is 629 g/mol. The summed E-state index contributed by atoms with van der Waals surface area (Å²) < 4.78 is 1.37. The topological polar surface area (TPSA) is 135 Å². The van der Waals surface area contributed by atoms with Crippen molar-refractivity contribution in [3.8, 4) is 0 Å². The molecule has 44 heavy (non-hydrogen) atoms. The average Bonchev–Trinajstić information content (AvgIpc) is 3.44. The highest BCUT2D eigenvalue weighted by Gasteiger charge is 2.56. The maximum Gasteiger partial charge on any atom is 0.308 e. The number of nitro groups is 1. The van der Waals surface area contributed by atoms with Crippen LogP contribution >= 0.6 is 23.1 Å². The Bertz CT molecular complexity index is 1850. The number of fused-ring (bicyclic) bond motifs is 2. The van der Waals surface area contributed by atoms with Gasteiger partial charge in [0.1, 0.15) is 11.8 Å². The van der Waals surface area contributed by atoms with Crippen LogP contribution in [-0.4, -0.2) is 46.6 Å². The molecule has 11 nitrogen and oxygen atoms in total. The number of aryl methyl sites for hydroxylation is 1. The fraction of sp³-hybridized carbons (Fsp3) is 0.226. The summed E-state index contributed by atoms with van der Waals surface area (Å²) in [6.45, 7) is 1.68. The van der Waals surface area contributed by atoms with E-state index in [2.05, 4.69) is 5.32 Å². The van der Waals surface area contributed by atoms with Gasteiger partial charge in [-0.3, -0.25) is 33.9 Å². The molecule has 1 saturated heterocycles.